The molecule has 1 aliphatic rings. The van der Waals surface area contributed by atoms with Crippen LogP contribution >= 0.6 is 11.8 Å². The number of hydrogen-bond donors (Lipinski definition) is 2. The lowest BCUT2D eigenvalue weighted by atomic mass is 10.2. The molecule has 82 valence electrons. The third-order valence-corrected chi connectivity index (χ3v) is 3.65. The van der Waals surface area contributed by atoms with Crippen molar-refractivity contribution in [2.75, 3.05) is 23.8 Å². The maximum absolute atomic E-state index is 12.0. The summed E-state index contributed by atoms with van der Waals surface area (Å²) in [5.74, 6) is 2.35. The van der Waals surface area contributed by atoms with Crippen molar-refractivity contribution in [3.05, 3.63) is 11.8 Å². The van der Waals surface area contributed by atoms with Gasteiger partial charge in [-0.2, -0.15) is 16.9 Å². The summed E-state index contributed by atoms with van der Waals surface area (Å²) in [5.41, 5.74) is 5.94. The van der Waals surface area contributed by atoms with Gasteiger partial charge in [-0.1, -0.05) is 0 Å². The average molecular weight is 226 g/mol. The summed E-state index contributed by atoms with van der Waals surface area (Å²) in [7, 11) is 0. The Morgan fingerprint density at radius 2 is 2.60 bits per heavy atom. The Kier molecular flexibility index (Phi) is 2.86. The standard InChI is InChI=1S/C9H14N4OS/c1-6-5-15-3-2-13(6)9(14)7-4-8(10)12-11-7/h4,6H,2-3,5H2,1H3,(H3,10,11,12). The number of anilines is 1. The van der Waals surface area contributed by atoms with Crippen LogP contribution < -0.4 is 5.73 Å². The molecule has 0 radical (unpaired) electrons. The first kappa shape index (κ1) is 10.4. The summed E-state index contributed by atoms with van der Waals surface area (Å²) < 4.78 is 0. The predicted octanol–water partition coefficient (Wildman–Crippen LogP) is 0.569. The number of H-pyrrole nitrogens is 1. The molecular weight excluding hydrogens is 212 g/mol. The Labute approximate surface area is 92.4 Å². The van der Waals surface area contributed by atoms with Gasteiger partial charge in [-0.25, -0.2) is 0 Å². The van der Waals surface area contributed by atoms with Gasteiger partial charge < -0.3 is 10.6 Å². The van der Waals surface area contributed by atoms with E-state index in [0.29, 0.717) is 11.5 Å². The molecule has 5 nitrogen and oxygen atoms in total. The van der Waals surface area contributed by atoms with Crippen molar-refractivity contribution >= 4 is 23.5 Å². The van der Waals surface area contributed by atoms with Crippen molar-refractivity contribution in [1.82, 2.24) is 15.1 Å². The second-order valence-electron chi connectivity index (χ2n) is 3.63. The lowest BCUT2D eigenvalue weighted by Gasteiger charge is -2.32. The molecule has 1 aliphatic heterocycles. The average Bonchev–Trinajstić information content (AvgIpc) is 2.65. The van der Waals surface area contributed by atoms with Crippen molar-refractivity contribution in [2.45, 2.75) is 13.0 Å². The molecule has 0 aromatic carbocycles. The predicted molar refractivity (Wildman–Crippen MR) is 60.8 cm³/mol. The minimum atomic E-state index is -0.00741. The van der Waals surface area contributed by atoms with Gasteiger partial charge in [-0.05, 0) is 6.92 Å². The van der Waals surface area contributed by atoms with Crippen LogP contribution in [-0.4, -0.2) is 45.1 Å². The van der Waals surface area contributed by atoms with Crippen molar-refractivity contribution < 1.29 is 4.79 Å². The molecule has 1 unspecified atom stereocenters. The van der Waals surface area contributed by atoms with Crippen LogP contribution in [0.25, 0.3) is 0 Å². The van der Waals surface area contributed by atoms with E-state index in [-0.39, 0.29) is 11.9 Å². The van der Waals surface area contributed by atoms with Crippen LogP contribution in [0.1, 0.15) is 17.4 Å². The van der Waals surface area contributed by atoms with E-state index in [9.17, 15) is 4.79 Å². The Hall–Kier alpha value is -1.17. The Bertz CT molecular complexity index is 365. The monoisotopic (exact) mass is 226 g/mol. The molecule has 2 heterocycles. The summed E-state index contributed by atoms with van der Waals surface area (Å²) in [6.07, 6.45) is 0. The fourth-order valence-corrected chi connectivity index (χ4v) is 2.64. The zero-order valence-electron chi connectivity index (χ0n) is 8.56. The van der Waals surface area contributed by atoms with Gasteiger partial charge >= 0.3 is 0 Å². The number of hydrogen-bond acceptors (Lipinski definition) is 4. The van der Waals surface area contributed by atoms with Gasteiger partial charge in [0.2, 0.25) is 0 Å². The molecule has 1 fully saturated rings. The van der Waals surface area contributed by atoms with Crippen molar-refractivity contribution in [1.29, 1.82) is 0 Å². The van der Waals surface area contributed by atoms with Gasteiger partial charge in [-0.15, -0.1) is 0 Å². The van der Waals surface area contributed by atoms with Gasteiger partial charge in [0.1, 0.15) is 11.5 Å². The van der Waals surface area contributed by atoms with Crippen molar-refractivity contribution in [3.8, 4) is 0 Å². The molecule has 1 aromatic rings. The lowest BCUT2D eigenvalue weighted by molar-refractivity contribution is 0.0710. The largest absolute Gasteiger partial charge is 0.382 e. The number of carbonyl (C=O) groups excluding carboxylic acids is 1. The van der Waals surface area contributed by atoms with E-state index in [1.165, 1.54) is 0 Å². The molecule has 15 heavy (non-hydrogen) atoms. The summed E-state index contributed by atoms with van der Waals surface area (Å²) in [4.78, 5) is 13.9. The zero-order chi connectivity index (χ0) is 10.8. The molecule has 6 heteroatoms. The van der Waals surface area contributed by atoms with Crippen LogP contribution in [-0.2, 0) is 0 Å². The van der Waals surface area contributed by atoms with E-state index in [1.54, 1.807) is 6.07 Å². The number of nitrogens with zero attached hydrogens (tertiary/aromatic N) is 2. The van der Waals surface area contributed by atoms with Crippen LogP contribution in [0.15, 0.2) is 6.07 Å². The first-order valence-corrected chi connectivity index (χ1v) is 6.03. The molecule has 1 aromatic heterocycles. The van der Waals surface area contributed by atoms with E-state index in [2.05, 4.69) is 17.1 Å². The van der Waals surface area contributed by atoms with E-state index in [4.69, 9.17) is 5.73 Å². The Balaban J connectivity index is 2.13. The Morgan fingerprint density at radius 3 is 3.20 bits per heavy atom. The van der Waals surface area contributed by atoms with Gasteiger partial charge in [-0.3, -0.25) is 9.89 Å². The molecule has 1 amide bonds. The molecular formula is C9H14N4OS. The Morgan fingerprint density at radius 1 is 1.80 bits per heavy atom. The molecule has 0 bridgehead atoms. The van der Waals surface area contributed by atoms with Crippen LogP contribution in [0, 0.1) is 0 Å². The van der Waals surface area contributed by atoms with E-state index >= 15 is 0 Å². The summed E-state index contributed by atoms with van der Waals surface area (Å²) in [6, 6.07) is 1.86. The smallest absolute Gasteiger partial charge is 0.272 e. The number of nitrogen functional groups attached to an aromatic ring is 1. The SMILES string of the molecule is CC1CSCCN1C(=O)c1cc(N)n[nH]1. The maximum atomic E-state index is 12.0. The van der Waals surface area contributed by atoms with Gasteiger partial charge in [0.25, 0.3) is 5.91 Å². The third kappa shape index (κ3) is 2.09. The summed E-state index contributed by atoms with van der Waals surface area (Å²) >= 11 is 1.88. The summed E-state index contributed by atoms with van der Waals surface area (Å²) in [6.45, 7) is 2.85. The number of thioether (sulfide) groups is 1. The first-order chi connectivity index (χ1) is 7.18. The molecule has 1 saturated heterocycles. The van der Waals surface area contributed by atoms with Crippen LogP contribution in [0.4, 0.5) is 5.82 Å². The molecule has 0 spiro atoms. The molecule has 2 rings (SSSR count). The third-order valence-electron chi connectivity index (χ3n) is 2.46. The molecule has 3 N–H and O–H groups in total. The highest BCUT2D eigenvalue weighted by molar-refractivity contribution is 7.99. The number of aromatic amines is 1. The lowest BCUT2D eigenvalue weighted by Crippen LogP contribution is -2.44. The first-order valence-electron chi connectivity index (χ1n) is 4.88. The number of nitrogens with one attached hydrogen (secondary N) is 1. The van der Waals surface area contributed by atoms with Gasteiger partial charge in [0, 0.05) is 30.2 Å². The van der Waals surface area contributed by atoms with Crippen LogP contribution in [0.2, 0.25) is 0 Å². The summed E-state index contributed by atoms with van der Waals surface area (Å²) in [5, 5.41) is 6.41. The van der Waals surface area contributed by atoms with E-state index < -0.39 is 0 Å². The fraction of sp³-hybridized carbons (Fsp3) is 0.556. The number of nitrogens with two attached hydrogens (primary N) is 1. The highest BCUT2D eigenvalue weighted by Crippen LogP contribution is 2.18. The van der Waals surface area contributed by atoms with E-state index in [0.717, 1.165) is 18.1 Å². The molecule has 0 saturated carbocycles. The van der Waals surface area contributed by atoms with Crippen LogP contribution in [0.3, 0.4) is 0 Å². The van der Waals surface area contributed by atoms with Crippen molar-refractivity contribution in [2.24, 2.45) is 0 Å². The normalized spacial score (nSPS) is 21.7. The number of carbonyl (C=O) groups is 1. The quantitative estimate of drug-likeness (QED) is 0.734. The van der Waals surface area contributed by atoms with Crippen LogP contribution in [0.5, 0.6) is 0 Å². The van der Waals surface area contributed by atoms with Crippen molar-refractivity contribution in [3.63, 3.8) is 0 Å². The molecule has 0 aliphatic carbocycles. The maximum Gasteiger partial charge on any atom is 0.272 e. The van der Waals surface area contributed by atoms with E-state index in [1.807, 2.05) is 16.7 Å². The number of amides is 1. The van der Waals surface area contributed by atoms with Gasteiger partial charge in [0.15, 0.2) is 0 Å². The zero-order valence-corrected chi connectivity index (χ0v) is 9.38. The highest BCUT2D eigenvalue weighted by atomic mass is 32.2. The van der Waals surface area contributed by atoms with Gasteiger partial charge in [0.05, 0.1) is 0 Å². The second kappa shape index (κ2) is 4.14. The topological polar surface area (TPSA) is 75.0 Å². The molecule has 1 atom stereocenters. The number of aromatic nitrogens is 2. The second-order valence-corrected chi connectivity index (χ2v) is 4.78. The minimum absolute atomic E-state index is 0.00741. The fourth-order valence-electron chi connectivity index (χ4n) is 1.63. The minimum Gasteiger partial charge on any atom is -0.382 e. The highest BCUT2D eigenvalue weighted by Gasteiger charge is 2.25. The number of rotatable bonds is 1.